The highest BCUT2D eigenvalue weighted by molar-refractivity contribution is 7.89. The zero-order valence-corrected chi connectivity index (χ0v) is 16.3. The zero-order chi connectivity index (χ0) is 19.8. The second kappa shape index (κ2) is 7.56. The van der Waals surface area contributed by atoms with Crippen LogP contribution in [0.5, 0.6) is 0 Å². The molecule has 0 saturated carbocycles. The Morgan fingerprint density at radius 1 is 1.15 bits per heavy atom. The second-order valence-electron chi connectivity index (χ2n) is 7.44. The molecule has 1 aromatic rings. The first-order valence-electron chi connectivity index (χ1n) is 9.13. The van der Waals surface area contributed by atoms with Gasteiger partial charge in [-0.3, -0.25) is 4.90 Å². The van der Waals surface area contributed by atoms with Crippen molar-refractivity contribution in [2.75, 3.05) is 20.1 Å². The quantitative estimate of drug-likeness (QED) is 0.723. The largest absolute Gasteiger partial charge is 0.391 e. The molecule has 0 amide bonds. The minimum absolute atomic E-state index is 0.0145. The molecule has 150 valence electrons. The molecular formula is C19H25F3N2O2S. The number of hydrogen-bond donors (Lipinski definition) is 0. The molecule has 1 aliphatic carbocycles. The predicted octanol–water partition coefficient (Wildman–Crippen LogP) is 3.59. The fraction of sp³-hybridized carbons (Fsp3) is 0.579. The second-order valence-corrected chi connectivity index (χ2v) is 9.44. The molecule has 2 aliphatic rings. The van der Waals surface area contributed by atoms with Gasteiger partial charge in [0.2, 0.25) is 10.0 Å². The number of piperidine rings is 1. The molecule has 1 heterocycles. The van der Waals surface area contributed by atoms with Crippen LogP contribution in [0.4, 0.5) is 13.2 Å². The highest BCUT2D eigenvalue weighted by atomic mass is 32.2. The lowest BCUT2D eigenvalue weighted by molar-refractivity contribution is -0.185. The monoisotopic (exact) mass is 402 g/mol. The Balaban J connectivity index is 1.62. The summed E-state index contributed by atoms with van der Waals surface area (Å²) < 4.78 is 65.6. The summed E-state index contributed by atoms with van der Waals surface area (Å²) in [5, 5.41) is 0. The van der Waals surface area contributed by atoms with Crippen LogP contribution in [0.3, 0.4) is 0 Å². The van der Waals surface area contributed by atoms with Gasteiger partial charge in [0, 0.05) is 19.1 Å². The maximum Gasteiger partial charge on any atom is 0.391 e. The van der Waals surface area contributed by atoms with Crippen molar-refractivity contribution in [1.82, 2.24) is 9.21 Å². The minimum Gasteiger partial charge on any atom is -0.297 e. The Morgan fingerprint density at radius 2 is 1.81 bits per heavy atom. The lowest BCUT2D eigenvalue weighted by atomic mass is 9.95. The van der Waals surface area contributed by atoms with Gasteiger partial charge in [0.05, 0.1) is 10.8 Å². The third-order valence-corrected chi connectivity index (χ3v) is 7.51. The van der Waals surface area contributed by atoms with E-state index < -0.39 is 22.1 Å². The van der Waals surface area contributed by atoms with Gasteiger partial charge in [-0.1, -0.05) is 24.3 Å². The van der Waals surface area contributed by atoms with E-state index in [2.05, 4.69) is 0 Å². The van der Waals surface area contributed by atoms with Gasteiger partial charge in [0.25, 0.3) is 0 Å². The number of benzene rings is 1. The summed E-state index contributed by atoms with van der Waals surface area (Å²) in [6, 6.07) is 6.48. The summed E-state index contributed by atoms with van der Waals surface area (Å²) >= 11 is 0. The SMILES string of the molecule is Cc1cccc(S(=O)(=O)N(C)C2C=CC(N3CCC(C(F)(F)F)CC3)C2)c1. The van der Waals surface area contributed by atoms with Crippen molar-refractivity contribution >= 4 is 10.0 Å². The van der Waals surface area contributed by atoms with Crippen LogP contribution >= 0.6 is 0 Å². The van der Waals surface area contributed by atoms with Crippen molar-refractivity contribution < 1.29 is 21.6 Å². The first-order valence-corrected chi connectivity index (χ1v) is 10.6. The molecule has 2 unspecified atom stereocenters. The van der Waals surface area contributed by atoms with Gasteiger partial charge in [0.15, 0.2) is 0 Å². The van der Waals surface area contributed by atoms with Crippen molar-refractivity contribution in [2.45, 2.75) is 49.3 Å². The van der Waals surface area contributed by atoms with Crippen LogP contribution in [-0.2, 0) is 10.0 Å². The van der Waals surface area contributed by atoms with E-state index in [9.17, 15) is 21.6 Å². The Hall–Kier alpha value is -1.38. The molecule has 1 aromatic carbocycles. The standard InChI is InChI=1S/C19H25F3N2O2S/c1-14-4-3-5-18(12-14)27(25,26)23(2)16-6-7-17(13-16)24-10-8-15(9-11-24)19(20,21)22/h3-7,12,15-17H,8-11,13H2,1-2H3. The number of halogens is 3. The van der Waals surface area contributed by atoms with Crippen LogP contribution in [0, 0.1) is 12.8 Å². The Labute approximate surface area is 158 Å². The number of likely N-dealkylation sites (N-methyl/N-ethyl adjacent to an activating group) is 1. The molecular weight excluding hydrogens is 377 g/mol. The van der Waals surface area contributed by atoms with Crippen LogP contribution in [0.15, 0.2) is 41.3 Å². The van der Waals surface area contributed by atoms with E-state index in [0.717, 1.165) is 5.56 Å². The van der Waals surface area contributed by atoms with E-state index in [0.29, 0.717) is 19.5 Å². The van der Waals surface area contributed by atoms with Gasteiger partial charge in [-0.2, -0.15) is 17.5 Å². The number of alkyl halides is 3. The van der Waals surface area contributed by atoms with Gasteiger partial charge in [0.1, 0.15) is 0 Å². The topological polar surface area (TPSA) is 40.6 Å². The molecule has 27 heavy (non-hydrogen) atoms. The van der Waals surface area contributed by atoms with Gasteiger partial charge in [-0.15, -0.1) is 0 Å². The molecule has 1 fully saturated rings. The van der Waals surface area contributed by atoms with Crippen molar-refractivity contribution in [3.8, 4) is 0 Å². The fourth-order valence-corrected chi connectivity index (χ4v) is 5.31. The van der Waals surface area contributed by atoms with Gasteiger partial charge in [-0.05, 0) is 57.0 Å². The van der Waals surface area contributed by atoms with Crippen molar-refractivity contribution in [1.29, 1.82) is 0 Å². The number of likely N-dealkylation sites (tertiary alicyclic amines) is 1. The molecule has 3 rings (SSSR count). The predicted molar refractivity (Wildman–Crippen MR) is 97.8 cm³/mol. The number of aryl methyl sites for hydroxylation is 1. The zero-order valence-electron chi connectivity index (χ0n) is 15.5. The summed E-state index contributed by atoms with van der Waals surface area (Å²) in [6.07, 6.45) is 0.445. The number of hydrogen-bond acceptors (Lipinski definition) is 3. The van der Waals surface area contributed by atoms with E-state index in [1.54, 1.807) is 25.2 Å². The van der Waals surface area contributed by atoms with E-state index in [1.165, 1.54) is 4.31 Å². The highest BCUT2D eigenvalue weighted by Gasteiger charge is 2.42. The first kappa shape index (κ1) is 20.4. The van der Waals surface area contributed by atoms with E-state index >= 15 is 0 Å². The summed E-state index contributed by atoms with van der Waals surface area (Å²) in [5.74, 6) is -1.22. The lowest BCUT2D eigenvalue weighted by Gasteiger charge is -2.36. The molecule has 1 saturated heterocycles. The van der Waals surface area contributed by atoms with Crippen molar-refractivity contribution in [2.24, 2.45) is 5.92 Å². The summed E-state index contributed by atoms with van der Waals surface area (Å²) in [4.78, 5) is 2.29. The normalized spacial score (nSPS) is 25.4. The number of sulfonamides is 1. The molecule has 0 N–H and O–H groups in total. The third-order valence-electron chi connectivity index (χ3n) is 5.63. The van der Waals surface area contributed by atoms with Crippen molar-refractivity contribution in [3.05, 3.63) is 42.0 Å². The fourth-order valence-electron chi connectivity index (χ4n) is 3.88. The van der Waals surface area contributed by atoms with Crippen LogP contribution in [0.2, 0.25) is 0 Å². The number of nitrogens with zero attached hydrogens (tertiary/aromatic N) is 2. The smallest absolute Gasteiger partial charge is 0.297 e. The average molecular weight is 402 g/mol. The Morgan fingerprint density at radius 3 is 2.41 bits per heavy atom. The van der Waals surface area contributed by atoms with E-state index in [1.807, 2.05) is 30.0 Å². The first-order chi connectivity index (χ1) is 12.6. The number of rotatable bonds is 4. The molecule has 2 atom stereocenters. The third kappa shape index (κ3) is 4.38. The van der Waals surface area contributed by atoms with Gasteiger partial charge < -0.3 is 0 Å². The average Bonchev–Trinajstić information content (AvgIpc) is 3.10. The highest BCUT2D eigenvalue weighted by Crippen LogP contribution is 2.36. The van der Waals surface area contributed by atoms with E-state index in [-0.39, 0.29) is 29.8 Å². The molecule has 8 heteroatoms. The van der Waals surface area contributed by atoms with Crippen LogP contribution in [0.25, 0.3) is 0 Å². The summed E-state index contributed by atoms with van der Waals surface area (Å²) in [6.45, 7) is 2.62. The van der Waals surface area contributed by atoms with Gasteiger partial charge in [-0.25, -0.2) is 8.42 Å². The molecule has 1 aliphatic heterocycles. The van der Waals surface area contributed by atoms with E-state index in [4.69, 9.17) is 0 Å². The van der Waals surface area contributed by atoms with Crippen LogP contribution in [-0.4, -0.2) is 56.0 Å². The lowest BCUT2D eigenvalue weighted by Crippen LogP contribution is -2.44. The summed E-state index contributed by atoms with van der Waals surface area (Å²) in [5.41, 5.74) is 0.872. The minimum atomic E-state index is -4.12. The van der Waals surface area contributed by atoms with Gasteiger partial charge >= 0.3 is 6.18 Å². The van der Waals surface area contributed by atoms with Crippen molar-refractivity contribution in [3.63, 3.8) is 0 Å². The van der Waals surface area contributed by atoms with Crippen LogP contribution in [0.1, 0.15) is 24.8 Å². The Kier molecular flexibility index (Phi) is 5.70. The van der Waals surface area contributed by atoms with Crippen LogP contribution < -0.4 is 0 Å². The Bertz CT molecular complexity index is 799. The molecule has 0 aromatic heterocycles. The molecule has 4 nitrogen and oxygen atoms in total. The maximum absolute atomic E-state index is 12.9. The molecule has 0 bridgehead atoms. The molecule has 0 radical (unpaired) electrons. The maximum atomic E-state index is 12.9. The summed E-state index contributed by atoms with van der Waals surface area (Å²) in [7, 11) is -2.05. The molecule has 0 spiro atoms.